The van der Waals surface area contributed by atoms with E-state index in [2.05, 4.69) is 23.7 Å². The van der Waals surface area contributed by atoms with E-state index < -0.39 is 0 Å². The van der Waals surface area contributed by atoms with Gasteiger partial charge in [-0.25, -0.2) is 0 Å². The van der Waals surface area contributed by atoms with E-state index in [1.54, 1.807) is 6.08 Å². The van der Waals surface area contributed by atoms with Crippen LogP contribution in [0, 0.1) is 0 Å². The van der Waals surface area contributed by atoms with Crippen LogP contribution in [-0.2, 0) is 0 Å². The van der Waals surface area contributed by atoms with Crippen LogP contribution in [0.15, 0.2) is 67.4 Å². The van der Waals surface area contributed by atoms with Gasteiger partial charge in [0, 0.05) is 34.8 Å². The van der Waals surface area contributed by atoms with Gasteiger partial charge in [0.15, 0.2) is 0 Å². The molecule has 0 saturated carbocycles. The van der Waals surface area contributed by atoms with Gasteiger partial charge in [-0.05, 0) is 17.7 Å². The fraction of sp³-hybridized carbons (Fsp3) is 0.105. The number of hydrogen-bond acceptors (Lipinski definition) is 1. The fourth-order valence-electron chi connectivity index (χ4n) is 3.35. The summed E-state index contributed by atoms with van der Waals surface area (Å²) in [7, 11) is 0. The van der Waals surface area contributed by atoms with E-state index in [-0.39, 0.29) is 11.9 Å². The van der Waals surface area contributed by atoms with Crippen molar-refractivity contribution in [3.63, 3.8) is 0 Å². The molecule has 1 aliphatic heterocycles. The molecule has 1 atom stereocenters. The number of H-pyrrole nitrogens is 1. The second kappa shape index (κ2) is 4.88. The molecule has 1 aliphatic rings. The lowest BCUT2D eigenvalue weighted by atomic mass is 9.97. The van der Waals surface area contributed by atoms with Crippen molar-refractivity contribution in [2.75, 3.05) is 6.54 Å². The summed E-state index contributed by atoms with van der Waals surface area (Å²) in [5, 5.41) is 1.16. The largest absolute Gasteiger partial charge is 0.361 e. The Bertz CT molecular complexity index is 878. The molecule has 1 amide bonds. The maximum absolute atomic E-state index is 12.7. The number of fused-ring (bicyclic) bond motifs is 2. The lowest BCUT2D eigenvalue weighted by molar-refractivity contribution is 0.0771. The summed E-state index contributed by atoms with van der Waals surface area (Å²) in [6.07, 6.45) is 3.80. The van der Waals surface area contributed by atoms with E-state index in [1.807, 2.05) is 47.5 Å². The highest BCUT2D eigenvalue weighted by Gasteiger charge is 2.37. The van der Waals surface area contributed by atoms with Crippen LogP contribution in [0.4, 0.5) is 0 Å². The Morgan fingerprint density at radius 1 is 1.09 bits per heavy atom. The van der Waals surface area contributed by atoms with Crippen LogP contribution in [-0.4, -0.2) is 22.3 Å². The first-order valence-electron chi connectivity index (χ1n) is 7.38. The summed E-state index contributed by atoms with van der Waals surface area (Å²) in [6, 6.07) is 16.0. The van der Waals surface area contributed by atoms with Crippen molar-refractivity contribution in [2.45, 2.75) is 6.04 Å². The molecular weight excluding hydrogens is 272 g/mol. The third kappa shape index (κ3) is 1.72. The molecule has 0 aliphatic carbocycles. The van der Waals surface area contributed by atoms with Crippen molar-refractivity contribution in [2.24, 2.45) is 0 Å². The van der Waals surface area contributed by atoms with Crippen LogP contribution in [0.1, 0.15) is 27.5 Å². The molecule has 22 heavy (non-hydrogen) atoms. The van der Waals surface area contributed by atoms with Crippen LogP contribution < -0.4 is 0 Å². The van der Waals surface area contributed by atoms with Crippen LogP contribution in [0.5, 0.6) is 0 Å². The summed E-state index contributed by atoms with van der Waals surface area (Å²) < 4.78 is 0. The van der Waals surface area contributed by atoms with Gasteiger partial charge in [-0.15, -0.1) is 6.58 Å². The monoisotopic (exact) mass is 288 g/mol. The van der Waals surface area contributed by atoms with Gasteiger partial charge in [-0.1, -0.05) is 42.5 Å². The molecule has 1 unspecified atom stereocenters. The van der Waals surface area contributed by atoms with Crippen LogP contribution in [0.2, 0.25) is 0 Å². The van der Waals surface area contributed by atoms with E-state index in [0.717, 1.165) is 27.6 Å². The molecule has 3 heteroatoms. The minimum absolute atomic E-state index is 0.0575. The summed E-state index contributed by atoms with van der Waals surface area (Å²) >= 11 is 0. The average molecular weight is 288 g/mol. The minimum atomic E-state index is -0.0575. The Hall–Kier alpha value is -2.81. The fourth-order valence-corrected chi connectivity index (χ4v) is 3.35. The standard InChI is InChI=1S/C19H16N2O/c1-2-11-21-18(14-8-3-4-9-15(14)19(21)22)16-12-20-17-10-6-5-7-13(16)17/h2-10,12,18,20H,1,11H2. The summed E-state index contributed by atoms with van der Waals surface area (Å²) in [4.78, 5) is 17.9. The second-order valence-electron chi connectivity index (χ2n) is 5.53. The van der Waals surface area contributed by atoms with E-state index in [4.69, 9.17) is 0 Å². The van der Waals surface area contributed by atoms with Gasteiger partial charge in [0.25, 0.3) is 5.91 Å². The first-order valence-corrected chi connectivity index (χ1v) is 7.38. The highest BCUT2D eigenvalue weighted by atomic mass is 16.2. The topological polar surface area (TPSA) is 36.1 Å². The van der Waals surface area contributed by atoms with E-state index in [1.165, 1.54) is 0 Å². The lowest BCUT2D eigenvalue weighted by Crippen LogP contribution is -2.28. The van der Waals surface area contributed by atoms with Crippen molar-refractivity contribution in [3.05, 3.63) is 84.1 Å². The van der Waals surface area contributed by atoms with Crippen molar-refractivity contribution < 1.29 is 4.79 Å². The quantitative estimate of drug-likeness (QED) is 0.729. The molecule has 0 fully saturated rings. The zero-order chi connectivity index (χ0) is 15.1. The first-order chi connectivity index (χ1) is 10.8. The molecular formula is C19H16N2O. The lowest BCUT2D eigenvalue weighted by Gasteiger charge is -2.24. The Kier molecular flexibility index (Phi) is 2.86. The Labute approximate surface area is 128 Å². The number of amides is 1. The molecule has 3 aromatic rings. The van der Waals surface area contributed by atoms with Crippen molar-refractivity contribution in [3.8, 4) is 0 Å². The molecule has 3 nitrogen and oxygen atoms in total. The number of nitrogens with zero attached hydrogens (tertiary/aromatic N) is 1. The van der Waals surface area contributed by atoms with Crippen LogP contribution >= 0.6 is 0 Å². The number of carbonyl (C=O) groups is 1. The number of rotatable bonds is 3. The third-order valence-electron chi connectivity index (χ3n) is 4.30. The van der Waals surface area contributed by atoms with Gasteiger partial charge in [-0.2, -0.15) is 0 Å². The molecule has 0 radical (unpaired) electrons. The maximum atomic E-state index is 12.7. The van der Waals surface area contributed by atoms with Gasteiger partial charge in [0.05, 0.1) is 6.04 Å². The molecule has 108 valence electrons. The Morgan fingerprint density at radius 3 is 2.73 bits per heavy atom. The number of para-hydroxylation sites is 1. The molecule has 0 spiro atoms. The Morgan fingerprint density at radius 2 is 1.86 bits per heavy atom. The zero-order valence-corrected chi connectivity index (χ0v) is 12.1. The number of aromatic amines is 1. The number of benzene rings is 2. The molecule has 1 N–H and O–H groups in total. The van der Waals surface area contributed by atoms with Crippen molar-refractivity contribution in [1.29, 1.82) is 0 Å². The molecule has 2 heterocycles. The zero-order valence-electron chi connectivity index (χ0n) is 12.1. The smallest absolute Gasteiger partial charge is 0.255 e. The normalized spacial score (nSPS) is 17.0. The van der Waals surface area contributed by atoms with E-state index in [0.29, 0.717) is 6.54 Å². The number of aromatic nitrogens is 1. The first kappa shape index (κ1) is 12.9. The predicted molar refractivity (Wildman–Crippen MR) is 87.8 cm³/mol. The van der Waals surface area contributed by atoms with Gasteiger partial charge in [-0.3, -0.25) is 4.79 Å². The van der Waals surface area contributed by atoms with E-state index >= 15 is 0 Å². The minimum Gasteiger partial charge on any atom is -0.361 e. The maximum Gasteiger partial charge on any atom is 0.255 e. The van der Waals surface area contributed by atoms with Gasteiger partial charge in [0.2, 0.25) is 0 Å². The van der Waals surface area contributed by atoms with Crippen LogP contribution in [0.25, 0.3) is 10.9 Å². The van der Waals surface area contributed by atoms with Gasteiger partial charge < -0.3 is 9.88 Å². The van der Waals surface area contributed by atoms with Crippen LogP contribution in [0.3, 0.4) is 0 Å². The van der Waals surface area contributed by atoms with Crippen molar-refractivity contribution in [1.82, 2.24) is 9.88 Å². The van der Waals surface area contributed by atoms with Crippen molar-refractivity contribution >= 4 is 16.8 Å². The average Bonchev–Trinajstić information content (AvgIpc) is 3.09. The number of nitrogens with one attached hydrogen (secondary N) is 1. The van der Waals surface area contributed by atoms with E-state index in [9.17, 15) is 4.79 Å². The Balaban J connectivity index is 1.94. The SMILES string of the molecule is C=CCN1C(=O)c2ccccc2C1c1c[nH]c2ccccc12. The number of carbonyl (C=O) groups excluding carboxylic acids is 1. The summed E-state index contributed by atoms with van der Waals surface area (Å²) in [6.45, 7) is 4.34. The van der Waals surface area contributed by atoms with Gasteiger partial charge in [0.1, 0.15) is 0 Å². The highest BCUT2D eigenvalue weighted by Crippen LogP contribution is 2.40. The summed E-state index contributed by atoms with van der Waals surface area (Å²) in [5.41, 5.74) is 4.09. The molecule has 1 aromatic heterocycles. The third-order valence-corrected chi connectivity index (χ3v) is 4.30. The highest BCUT2D eigenvalue weighted by molar-refractivity contribution is 6.00. The van der Waals surface area contributed by atoms with Gasteiger partial charge >= 0.3 is 0 Å². The summed E-state index contributed by atoms with van der Waals surface area (Å²) in [5.74, 6) is 0.0748. The molecule has 0 saturated heterocycles. The molecule has 4 rings (SSSR count). The predicted octanol–water partition coefficient (Wildman–Crippen LogP) is 3.90. The molecule has 2 aromatic carbocycles. The number of hydrogen-bond donors (Lipinski definition) is 1. The second-order valence-corrected chi connectivity index (χ2v) is 5.53. The molecule has 0 bridgehead atoms.